The number of hydrogen-bond donors (Lipinski definition) is 0. The standard InChI is InChI=1S/C11H16BrN3O3S2/c1-3-20(16,17)9-7-19-5-4-15(9)11-13-6-8(12)10(14-11)18-2/h6,9H,3-5,7H2,1-2H3. The Bertz CT molecular complexity index is 582. The Kier molecular flexibility index (Phi) is 5.14. The van der Waals surface area contributed by atoms with Gasteiger partial charge in [0.2, 0.25) is 11.8 Å². The van der Waals surface area contributed by atoms with Gasteiger partial charge in [-0.2, -0.15) is 16.7 Å². The zero-order valence-electron chi connectivity index (χ0n) is 11.2. The van der Waals surface area contributed by atoms with E-state index in [1.807, 2.05) is 0 Å². The number of aromatic nitrogens is 2. The zero-order chi connectivity index (χ0) is 14.8. The van der Waals surface area contributed by atoms with Gasteiger partial charge in [0.05, 0.1) is 17.8 Å². The maximum absolute atomic E-state index is 12.2. The van der Waals surface area contributed by atoms with Gasteiger partial charge < -0.3 is 9.64 Å². The molecule has 6 nitrogen and oxygen atoms in total. The molecule has 1 aromatic heterocycles. The van der Waals surface area contributed by atoms with E-state index in [4.69, 9.17) is 4.74 Å². The van der Waals surface area contributed by atoms with Crippen molar-refractivity contribution >= 4 is 43.5 Å². The second kappa shape index (κ2) is 6.48. The molecule has 9 heteroatoms. The lowest BCUT2D eigenvalue weighted by Gasteiger charge is -2.34. The molecule has 1 aliphatic heterocycles. The highest BCUT2D eigenvalue weighted by molar-refractivity contribution is 9.10. The summed E-state index contributed by atoms with van der Waals surface area (Å²) in [6.45, 7) is 2.27. The quantitative estimate of drug-likeness (QED) is 0.783. The van der Waals surface area contributed by atoms with Gasteiger partial charge in [0.1, 0.15) is 5.37 Å². The molecule has 0 aliphatic carbocycles. The maximum atomic E-state index is 12.2. The van der Waals surface area contributed by atoms with Gasteiger partial charge in [0.15, 0.2) is 9.84 Å². The predicted octanol–water partition coefficient (Wildman–Crippen LogP) is 1.56. The Morgan fingerprint density at radius 3 is 3.00 bits per heavy atom. The number of sulfone groups is 1. The second-order valence-electron chi connectivity index (χ2n) is 4.20. The van der Waals surface area contributed by atoms with Crippen molar-refractivity contribution in [2.75, 3.05) is 35.8 Å². The van der Waals surface area contributed by atoms with E-state index in [1.54, 1.807) is 29.8 Å². The van der Waals surface area contributed by atoms with Gasteiger partial charge in [-0.15, -0.1) is 0 Å². The minimum absolute atomic E-state index is 0.113. The summed E-state index contributed by atoms with van der Waals surface area (Å²) in [4.78, 5) is 10.3. The van der Waals surface area contributed by atoms with E-state index < -0.39 is 15.2 Å². The van der Waals surface area contributed by atoms with Crippen molar-refractivity contribution in [2.24, 2.45) is 0 Å². The van der Waals surface area contributed by atoms with E-state index >= 15 is 0 Å². The fourth-order valence-electron chi connectivity index (χ4n) is 1.92. The molecule has 0 spiro atoms. The fourth-order valence-corrected chi connectivity index (χ4v) is 5.24. The number of thioether (sulfide) groups is 1. The predicted molar refractivity (Wildman–Crippen MR) is 84.2 cm³/mol. The number of nitrogens with zero attached hydrogens (tertiary/aromatic N) is 3. The summed E-state index contributed by atoms with van der Waals surface area (Å²) in [5.74, 6) is 2.31. The van der Waals surface area contributed by atoms with E-state index in [-0.39, 0.29) is 5.75 Å². The third-order valence-corrected chi connectivity index (χ3v) is 6.88. The topological polar surface area (TPSA) is 72.4 Å². The zero-order valence-corrected chi connectivity index (χ0v) is 14.5. The summed E-state index contributed by atoms with van der Waals surface area (Å²) in [6.07, 6.45) is 1.58. The van der Waals surface area contributed by atoms with Crippen LogP contribution in [0.5, 0.6) is 5.88 Å². The summed E-state index contributed by atoms with van der Waals surface area (Å²) >= 11 is 4.93. The van der Waals surface area contributed by atoms with Crippen LogP contribution in [0.15, 0.2) is 10.7 Å². The smallest absolute Gasteiger partial charge is 0.232 e. The molecular weight excluding hydrogens is 366 g/mol. The van der Waals surface area contributed by atoms with Crippen molar-refractivity contribution in [1.82, 2.24) is 9.97 Å². The van der Waals surface area contributed by atoms with Crippen LogP contribution >= 0.6 is 27.7 Å². The molecule has 20 heavy (non-hydrogen) atoms. The van der Waals surface area contributed by atoms with Crippen LogP contribution in [0.2, 0.25) is 0 Å². The molecule has 0 radical (unpaired) electrons. The number of anilines is 1. The van der Waals surface area contributed by atoms with E-state index in [1.165, 1.54) is 7.11 Å². The molecule has 1 saturated heterocycles. The maximum Gasteiger partial charge on any atom is 0.232 e. The normalized spacial score (nSPS) is 19.9. The van der Waals surface area contributed by atoms with Gasteiger partial charge in [-0.1, -0.05) is 6.92 Å². The molecule has 2 heterocycles. The van der Waals surface area contributed by atoms with Crippen molar-refractivity contribution in [1.29, 1.82) is 0 Å². The molecule has 0 saturated carbocycles. The molecule has 1 aromatic rings. The molecule has 1 fully saturated rings. The Morgan fingerprint density at radius 1 is 1.60 bits per heavy atom. The number of halogens is 1. The van der Waals surface area contributed by atoms with Crippen LogP contribution in [-0.2, 0) is 9.84 Å². The lowest BCUT2D eigenvalue weighted by Crippen LogP contribution is -2.48. The average molecular weight is 382 g/mol. The number of ether oxygens (including phenoxy) is 1. The number of rotatable bonds is 4. The Labute approximate surface area is 131 Å². The summed E-state index contributed by atoms with van der Waals surface area (Å²) in [7, 11) is -1.66. The van der Waals surface area contributed by atoms with Gasteiger partial charge in [0.25, 0.3) is 0 Å². The third-order valence-electron chi connectivity index (χ3n) is 3.05. The molecule has 0 aromatic carbocycles. The monoisotopic (exact) mass is 381 g/mol. The molecule has 0 N–H and O–H groups in total. The lowest BCUT2D eigenvalue weighted by atomic mass is 10.5. The van der Waals surface area contributed by atoms with Crippen molar-refractivity contribution < 1.29 is 13.2 Å². The van der Waals surface area contributed by atoms with E-state index in [0.29, 0.717) is 28.6 Å². The summed E-state index contributed by atoms with van der Waals surface area (Å²) in [5.41, 5.74) is 0. The minimum atomic E-state index is -3.18. The van der Waals surface area contributed by atoms with Gasteiger partial charge in [0, 0.05) is 23.8 Å². The van der Waals surface area contributed by atoms with E-state index in [2.05, 4.69) is 25.9 Å². The summed E-state index contributed by atoms with van der Waals surface area (Å²) < 4.78 is 30.2. The molecule has 0 bridgehead atoms. The Hall–Kier alpha value is -0.540. The van der Waals surface area contributed by atoms with Gasteiger partial charge in [-0.25, -0.2) is 13.4 Å². The third kappa shape index (κ3) is 3.20. The van der Waals surface area contributed by atoms with Crippen LogP contribution in [0.3, 0.4) is 0 Å². The van der Waals surface area contributed by atoms with Crippen LogP contribution in [0.1, 0.15) is 6.92 Å². The first-order chi connectivity index (χ1) is 9.49. The fraction of sp³-hybridized carbons (Fsp3) is 0.636. The van der Waals surface area contributed by atoms with Crippen LogP contribution < -0.4 is 9.64 Å². The van der Waals surface area contributed by atoms with Gasteiger partial charge in [-0.3, -0.25) is 0 Å². The van der Waals surface area contributed by atoms with Gasteiger partial charge >= 0.3 is 0 Å². The van der Waals surface area contributed by atoms with Crippen molar-refractivity contribution in [3.8, 4) is 5.88 Å². The van der Waals surface area contributed by atoms with E-state index in [9.17, 15) is 8.42 Å². The van der Waals surface area contributed by atoms with Crippen LogP contribution in [0.4, 0.5) is 5.95 Å². The second-order valence-corrected chi connectivity index (χ2v) is 8.65. The van der Waals surface area contributed by atoms with E-state index in [0.717, 1.165) is 5.75 Å². The highest BCUT2D eigenvalue weighted by atomic mass is 79.9. The summed E-state index contributed by atoms with van der Waals surface area (Å²) in [5, 5.41) is -0.572. The van der Waals surface area contributed by atoms with Crippen LogP contribution in [0, 0.1) is 0 Å². The number of methoxy groups -OCH3 is 1. The van der Waals surface area contributed by atoms with Gasteiger partial charge in [-0.05, 0) is 15.9 Å². The Morgan fingerprint density at radius 2 is 2.35 bits per heavy atom. The lowest BCUT2D eigenvalue weighted by molar-refractivity contribution is 0.393. The number of hydrogen-bond acceptors (Lipinski definition) is 7. The van der Waals surface area contributed by atoms with Crippen molar-refractivity contribution in [3.05, 3.63) is 10.7 Å². The minimum Gasteiger partial charge on any atom is -0.480 e. The molecule has 112 valence electrons. The molecule has 0 amide bonds. The SMILES string of the molecule is CCS(=O)(=O)C1CSCCN1c1ncc(Br)c(OC)n1. The molecular formula is C11H16BrN3O3S2. The highest BCUT2D eigenvalue weighted by Crippen LogP contribution is 2.28. The first kappa shape index (κ1) is 15.8. The van der Waals surface area contributed by atoms with Crippen molar-refractivity contribution in [2.45, 2.75) is 12.3 Å². The van der Waals surface area contributed by atoms with Crippen LogP contribution in [0.25, 0.3) is 0 Å². The molecule has 1 atom stereocenters. The summed E-state index contributed by atoms with van der Waals surface area (Å²) in [6, 6.07) is 0. The molecule has 2 rings (SSSR count). The van der Waals surface area contributed by atoms with Crippen molar-refractivity contribution in [3.63, 3.8) is 0 Å². The van der Waals surface area contributed by atoms with Crippen LogP contribution in [-0.4, -0.2) is 54.7 Å². The molecule has 1 aliphatic rings. The largest absolute Gasteiger partial charge is 0.480 e. The Balaban J connectivity index is 2.38. The average Bonchev–Trinajstić information content (AvgIpc) is 2.48. The molecule has 1 unspecified atom stereocenters. The first-order valence-electron chi connectivity index (χ1n) is 6.12. The highest BCUT2D eigenvalue weighted by Gasteiger charge is 2.34. The first-order valence-corrected chi connectivity index (χ1v) is 9.78.